The van der Waals surface area contributed by atoms with Crippen molar-refractivity contribution in [3.8, 4) is 11.4 Å². The summed E-state index contributed by atoms with van der Waals surface area (Å²) in [6, 6.07) is 16.7. The van der Waals surface area contributed by atoms with E-state index in [9.17, 15) is 4.79 Å². The first kappa shape index (κ1) is 15.5. The average molecular weight is 323 g/mol. The number of carbonyl (C=O) groups excluding carboxylic acids is 1. The number of nitrogens with zero attached hydrogens (tertiary/aromatic N) is 3. The van der Waals surface area contributed by atoms with E-state index in [0.29, 0.717) is 12.2 Å². The normalized spacial score (nSPS) is 10.4. The van der Waals surface area contributed by atoms with Gasteiger partial charge in [0.1, 0.15) is 5.75 Å². The van der Waals surface area contributed by atoms with Gasteiger partial charge in [-0.1, -0.05) is 35.5 Å². The molecule has 3 aromatic rings. The van der Waals surface area contributed by atoms with Gasteiger partial charge < -0.3 is 15.8 Å². The van der Waals surface area contributed by atoms with Crippen LogP contribution in [0.25, 0.3) is 5.69 Å². The van der Waals surface area contributed by atoms with Crippen LogP contribution in [0.4, 0.5) is 5.82 Å². The van der Waals surface area contributed by atoms with Gasteiger partial charge in [-0.3, -0.25) is 4.79 Å². The van der Waals surface area contributed by atoms with E-state index in [4.69, 9.17) is 10.5 Å². The lowest BCUT2D eigenvalue weighted by Crippen LogP contribution is -2.24. The fourth-order valence-electron chi connectivity index (χ4n) is 2.23. The number of aromatic nitrogens is 3. The summed E-state index contributed by atoms with van der Waals surface area (Å²) >= 11 is 0. The van der Waals surface area contributed by atoms with E-state index in [0.717, 1.165) is 11.3 Å². The number of nitrogens with one attached hydrogen (secondary N) is 1. The maximum atomic E-state index is 12.3. The number of rotatable bonds is 5. The first-order valence-electron chi connectivity index (χ1n) is 7.37. The Morgan fingerprint density at radius 1 is 1.17 bits per heavy atom. The molecule has 1 aromatic heterocycles. The van der Waals surface area contributed by atoms with Gasteiger partial charge in [0, 0.05) is 6.54 Å². The second-order valence-electron chi connectivity index (χ2n) is 5.10. The van der Waals surface area contributed by atoms with E-state index < -0.39 is 0 Å². The molecule has 3 rings (SSSR count). The molecule has 1 heterocycles. The van der Waals surface area contributed by atoms with Crippen LogP contribution in [0.1, 0.15) is 16.1 Å². The Morgan fingerprint density at radius 2 is 1.88 bits per heavy atom. The highest BCUT2D eigenvalue weighted by Gasteiger charge is 2.18. The van der Waals surface area contributed by atoms with Crippen LogP contribution < -0.4 is 15.8 Å². The van der Waals surface area contributed by atoms with E-state index in [1.165, 1.54) is 4.68 Å². The van der Waals surface area contributed by atoms with Gasteiger partial charge in [-0.25, -0.2) is 0 Å². The molecule has 0 aliphatic rings. The fraction of sp³-hybridized carbons (Fsp3) is 0.118. The molecule has 0 spiro atoms. The molecule has 0 saturated carbocycles. The van der Waals surface area contributed by atoms with Gasteiger partial charge in [0.2, 0.25) is 0 Å². The zero-order chi connectivity index (χ0) is 16.9. The third-order valence-corrected chi connectivity index (χ3v) is 3.53. The maximum Gasteiger partial charge on any atom is 0.275 e. The van der Waals surface area contributed by atoms with Crippen molar-refractivity contribution in [2.45, 2.75) is 6.54 Å². The van der Waals surface area contributed by atoms with Crippen molar-refractivity contribution in [2.24, 2.45) is 0 Å². The van der Waals surface area contributed by atoms with E-state index in [1.807, 2.05) is 30.3 Å². The molecule has 0 fully saturated rings. The molecule has 0 aliphatic carbocycles. The topological polar surface area (TPSA) is 95.1 Å². The van der Waals surface area contributed by atoms with Crippen LogP contribution >= 0.6 is 0 Å². The molecule has 0 bridgehead atoms. The lowest BCUT2D eigenvalue weighted by molar-refractivity contribution is 0.0947. The SMILES string of the molecule is COc1ccc(-n2nnc(C(=O)NCc3ccccc3)c2N)cc1. The number of hydrogen-bond acceptors (Lipinski definition) is 5. The minimum absolute atomic E-state index is 0.0988. The van der Waals surface area contributed by atoms with Crippen molar-refractivity contribution in [2.75, 3.05) is 12.8 Å². The number of carbonyl (C=O) groups is 1. The Kier molecular flexibility index (Phi) is 4.42. The van der Waals surface area contributed by atoms with Gasteiger partial charge in [-0.15, -0.1) is 5.10 Å². The zero-order valence-electron chi connectivity index (χ0n) is 13.1. The summed E-state index contributed by atoms with van der Waals surface area (Å²) in [6.45, 7) is 0.397. The monoisotopic (exact) mass is 323 g/mol. The molecule has 0 atom stereocenters. The molecule has 0 radical (unpaired) electrons. The van der Waals surface area contributed by atoms with Crippen LogP contribution in [0.5, 0.6) is 5.75 Å². The Hall–Kier alpha value is -3.35. The van der Waals surface area contributed by atoms with Crippen LogP contribution in [0, 0.1) is 0 Å². The Morgan fingerprint density at radius 3 is 2.54 bits per heavy atom. The number of benzene rings is 2. The number of nitrogen functional groups attached to an aromatic ring is 1. The summed E-state index contributed by atoms with van der Waals surface area (Å²) in [4.78, 5) is 12.3. The molecule has 122 valence electrons. The van der Waals surface area contributed by atoms with Gasteiger partial charge in [0.15, 0.2) is 11.5 Å². The molecule has 3 N–H and O–H groups in total. The fourth-order valence-corrected chi connectivity index (χ4v) is 2.23. The summed E-state index contributed by atoms with van der Waals surface area (Å²) in [7, 11) is 1.59. The van der Waals surface area contributed by atoms with Crippen LogP contribution in [-0.4, -0.2) is 28.0 Å². The van der Waals surface area contributed by atoms with E-state index >= 15 is 0 Å². The first-order chi connectivity index (χ1) is 11.7. The number of methoxy groups -OCH3 is 1. The summed E-state index contributed by atoms with van der Waals surface area (Å²) in [6.07, 6.45) is 0. The smallest absolute Gasteiger partial charge is 0.275 e. The third-order valence-electron chi connectivity index (χ3n) is 3.53. The maximum absolute atomic E-state index is 12.3. The largest absolute Gasteiger partial charge is 0.497 e. The van der Waals surface area contributed by atoms with Crippen molar-refractivity contribution in [3.05, 3.63) is 65.9 Å². The molecule has 24 heavy (non-hydrogen) atoms. The molecule has 1 amide bonds. The molecule has 7 nitrogen and oxygen atoms in total. The quantitative estimate of drug-likeness (QED) is 0.746. The van der Waals surface area contributed by atoms with Gasteiger partial charge in [-0.05, 0) is 29.8 Å². The molecule has 0 saturated heterocycles. The van der Waals surface area contributed by atoms with Crippen LogP contribution in [0.15, 0.2) is 54.6 Å². The van der Waals surface area contributed by atoms with Gasteiger partial charge >= 0.3 is 0 Å². The van der Waals surface area contributed by atoms with E-state index in [1.54, 1.807) is 31.4 Å². The van der Waals surface area contributed by atoms with Crippen LogP contribution in [0.2, 0.25) is 0 Å². The highest BCUT2D eigenvalue weighted by atomic mass is 16.5. The van der Waals surface area contributed by atoms with Crippen LogP contribution in [-0.2, 0) is 6.54 Å². The van der Waals surface area contributed by atoms with Crippen molar-refractivity contribution in [1.29, 1.82) is 0 Å². The highest BCUT2D eigenvalue weighted by Crippen LogP contribution is 2.18. The number of nitrogens with two attached hydrogens (primary N) is 1. The molecular weight excluding hydrogens is 306 g/mol. The lowest BCUT2D eigenvalue weighted by Gasteiger charge is -2.06. The van der Waals surface area contributed by atoms with E-state index in [-0.39, 0.29) is 17.4 Å². The number of amides is 1. The average Bonchev–Trinajstić information content (AvgIpc) is 3.02. The van der Waals surface area contributed by atoms with Gasteiger partial charge in [0.25, 0.3) is 5.91 Å². The third kappa shape index (κ3) is 3.19. The van der Waals surface area contributed by atoms with Crippen molar-refractivity contribution in [3.63, 3.8) is 0 Å². The molecule has 0 unspecified atom stereocenters. The summed E-state index contributed by atoms with van der Waals surface area (Å²) < 4.78 is 6.53. The summed E-state index contributed by atoms with van der Waals surface area (Å²) in [5.74, 6) is 0.542. The summed E-state index contributed by atoms with van der Waals surface area (Å²) in [5.41, 5.74) is 7.81. The predicted molar refractivity (Wildman–Crippen MR) is 89.9 cm³/mol. The number of anilines is 1. The predicted octanol–water partition coefficient (Wildman–Crippen LogP) is 1.79. The molecule has 0 aliphatic heterocycles. The highest BCUT2D eigenvalue weighted by molar-refractivity contribution is 5.96. The Bertz CT molecular complexity index is 828. The minimum Gasteiger partial charge on any atom is -0.497 e. The minimum atomic E-state index is -0.365. The first-order valence-corrected chi connectivity index (χ1v) is 7.37. The number of hydrogen-bond donors (Lipinski definition) is 2. The van der Waals surface area contributed by atoms with Crippen molar-refractivity contribution < 1.29 is 9.53 Å². The number of ether oxygens (including phenoxy) is 1. The Balaban J connectivity index is 1.75. The second kappa shape index (κ2) is 6.82. The summed E-state index contributed by atoms with van der Waals surface area (Å²) in [5, 5.41) is 10.6. The van der Waals surface area contributed by atoms with Crippen molar-refractivity contribution >= 4 is 11.7 Å². The lowest BCUT2D eigenvalue weighted by atomic mass is 10.2. The second-order valence-corrected chi connectivity index (χ2v) is 5.10. The molecule has 2 aromatic carbocycles. The van der Waals surface area contributed by atoms with Gasteiger partial charge in [-0.2, -0.15) is 4.68 Å². The molecular formula is C17H17N5O2. The standard InChI is InChI=1S/C17H17N5O2/c1-24-14-9-7-13(8-10-14)22-16(18)15(20-21-22)17(23)19-11-12-5-3-2-4-6-12/h2-10H,11,18H2,1H3,(H,19,23). The van der Waals surface area contributed by atoms with Crippen LogP contribution in [0.3, 0.4) is 0 Å². The molecule has 7 heteroatoms. The zero-order valence-corrected chi connectivity index (χ0v) is 13.1. The van der Waals surface area contributed by atoms with Gasteiger partial charge in [0.05, 0.1) is 12.8 Å². The Labute approximate surface area is 139 Å². The van der Waals surface area contributed by atoms with Crippen molar-refractivity contribution in [1.82, 2.24) is 20.3 Å². The van der Waals surface area contributed by atoms with E-state index in [2.05, 4.69) is 15.6 Å².